The summed E-state index contributed by atoms with van der Waals surface area (Å²) in [4.78, 5) is 31.5. The highest BCUT2D eigenvalue weighted by Gasteiger charge is 2.28. The number of carbonyl (C=O) groups is 1. The average Bonchev–Trinajstić information content (AvgIpc) is 2.60. The monoisotopic (exact) mass is 390 g/mol. The average molecular weight is 391 g/mol. The summed E-state index contributed by atoms with van der Waals surface area (Å²) in [5, 5.41) is 20.2. The van der Waals surface area contributed by atoms with Crippen LogP contribution in [0.15, 0.2) is 24.3 Å². The molecule has 0 aliphatic carbocycles. The largest absolute Gasteiger partial charge is 0.465 e. The molecule has 1 heterocycles. The number of anilines is 2. The number of hydrogen-bond acceptors (Lipinski definition) is 9. The number of nitrogen functional groups attached to an aromatic ring is 1. The van der Waals surface area contributed by atoms with E-state index in [1.807, 2.05) is 6.07 Å². The van der Waals surface area contributed by atoms with Crippen LogP contribution in [-0.4, -0.2) is 34.0 Å². The Labute approximate surface area is 159 Å². The van der Waals surface area contributed by atoms with Crippen LogP contribution < -0.4 is 10.6 Å². The zero-order valence-corrected chi connectivity index (χ0v) is 15.0. The van der Waals surface area contributed by atoms with Gasteiger partial charge < -0.3 is 15.4 Å². The summed E-state index contributed by atoms with van der Waals surface area (Å²) in [5.74, 6) is -1.25. The van der Waals surface area contributed by atoms with Crippen LogP contribution in [0.5, 0.6) is 0 Å². The topological polar surface area (TPSA) is 148 Å². The number of hydrogen-bond donors (Lipinski definition) is 1. The third-order valence-electron chi connectivity index (χ3n) is 3.40. The maximum absolute atomic E-state index is 12.0. The molecule has 2 aromatic rings. The van der Waals surface area contributed by atoms with Crippen molar-refractivity contribution in [2.45, 2.75) is 13.5 Å². The minimum atomic E-state index is -0.745. The van der Waals surface area contributed by atoms with Crippen molar-refractivity contribution in [1.29, 1.82) is 5.26 Å². The second kappa shape index (κ2) is 8.77. The van der Waals surface area contributed by atoms with Gasteiger partial charge in [-0.15, -0.1) is 0 Å². The lowest BCUT2D eigenvalue weighted by Gasteiger charge is -2.23. The van der Waals surface area contributed by atoms with Gasteiger partial charge in [-0.2, -0.15) is 15.2 Å². The Balaban J connectivity index is 2.51. The smallest absolute Gasteiger partial charge is 0.353 e. The number of ether oxygens (including phenoxy) is 1. The van der Waals surface area contributed by atoms with E-state index in [2.05, 4.69) is 9.97 Å². The maximum atomic E-state index is 12.0. The number of halogens is 1. The fourth-order valence-corrected chi connectivity index (χ4v) is 2.53. The molecule has 10 nitrogen and oxygen atoms in total. The number of nitro groups is 1. The minimum absolute atomic E-state index is 0.0297. The molecule has 0 saturated heterocycles. The van der Waals surface area contributed by atoms with Gasteiger partial charge in [-0.3, -0.25) is 14.9 Å². The van der Waals surface area contributed by atoms with Gasteiger partial charge in [0.25, 0.3) is 0 Å². The molecule has 0 radical (unpaired) electrons. The van der Waals surface area contributed by atoms with E-state index < -0.39 is 22.4 Å². The van der Waals surface area contributed by atoms with Crippen molar-refractivity contribution >= 4 is 34.9 Å². The number of nitriles is 1. The number of esters is 1. The Hall–Kier alpha value is -3.45. The number of carbonyl (C=O) groups excluding carboxylic acids is 1. The molecule has 140 valence electrons. The van der Waals surface area contributed by atoms with Gasteiger partial charge in [-0.05, 0) is 36.2 Å². The normalized spacial score (nSPS) is 10.1. The molecule has 11 heteroatoms. The molecule has 2 N–H and O–H groups in total. The molecule has 0 saturated carbocycles. The molecule has 27 heavy (non-hydrogen) atoms. The van der Waals surface area contributed by atoms with E-state index >= 15 is 0 Å². The molecule has 0 fully saturated rings. The highest BCUT2D eigenvalue weighted by atomic mass is 35.5. The summed E-state index contributed by atoms with van der Waals surface area (Å²) in [5.41, 5.74) is 6.08. The first kappa shape index (κ1) is 19.9. The molecule has 0 amide bonds. The zero-order chi connectivity index (χ0) is 20.0. The number of nitrogens with two attached hydrogens (primary N) is 1. The summed E-state index contributed by atoms with van der Waals surface area (Å²) < 4.78 is 4.93. The van der Waals surface area contributed by atoms with Crippen LogP contribution in [0.25, 0.3) is 0 Å². The van der Waals surface area contributed by atoms with E-state index in [9.17, 15) is 14.9 Å². The Morgan fingerprint density at radius 2 is 2.22 bits per heavy atom. The number of benzene rings is 1. The fourth-order valence-electron chi connectivity index (χ4n) is 2.36. The van der Waals surface area contributed by atoms with E-state index in [-0.39, 0.29) is 30.8 Å². The summed E-state index contributed by atoms with van der Waals surface area (Å²) in [6.45, 7) is 1.48. The third kappa shape index (κ3) is 5.02. The molecule has 0 aliphatic heterocycles. The van der Waals surface area contributed by atoms with Crippen LogP contribution in [0.3, 0.4) is 0 Å². The van der Waals surface area contributed by atoms with Crippen molar-refractivity contribution in [2.75, 3.05) is 23.8 Å². The first-order valence-corrected chi connectivity index (χ1v) is 8.10. The predicted molar refractivity (Wildman–Crippen MR) is 96.9 cm³/mol. The van der Waals surface area contributed by atoms with E-state index in [4.69, 9.17) is 27.3 Å². The quantitative estimate of drug-likeness (QED) is 0.324. The second-order valence-corrected chi connectivity index (χ2v) is 5.62. The van der Waals surface area contributed by atoms with Crippen molar-refractivity contribution in [3.8, 4) is 6.07 Å². The Kier molecular flexibility index (Phi) is 6.46. The van der Waals surface area contributed by atoms with Gasteiger partial charge in [0, 0.05) is 6.54 Å². The van der Waals surface area contributed by atoms with Gasteiger partial charge in [0.15, 0.2) is 0 Å². The Morgan fingerprint density at radius 1 is 1.48 bits per heavy atom. The molecule has 0 bridgehead atoms. The van der Waals surface area contributed by atoms with Crippen LogP contribution in [-0.2, 0) is 16.1 Å². The van der Waals surface area contributed by atoms with E-state index in [1.165, 1.54) is 4.90 Å². The summed E-state index contributed by atoms with van der Waals surface area (Å²) >= 11 is 5.81. The third-order valence-corrected chi connectivity index (χ3v) is 3.57. The van der Waals surface area contributed by atoms with Gasteiger partial charge in [0.2, 0.25) is 16.9 Å². The van der Waals surface area contributed by atoms with Crippen LogP contribution in [0.4, 0.5) is 17.3 Å². The molecule has 0 spiro atoms. The van der Waals surface area contributed by atoms with Gasteiger partial charge in [-0.1, -0.05) is 12.1 Å². The van der Waals surface area contributed by atoms with Gasteiger partial charge in [0.05, 0.1) is 23.2 Å². The SMILES string of the molecule is CCOC(=O)CN(Cc1cccc(C#N)c1)c1nc(Cl)nc(N)c1[N+](=O)[O-]. The van der Waals surface area contributed by atoms with E-state index in [0.29, 0.717) is 11.1 Å². The van der Waals surface area contributed by atoms with E-state index in [1.54, 1.807) is 31.2 Å². The second-order valence-electron chi connectivity index (χ2n) is 5.28. The van der Waals surface area contributed by atoms with Crippen LogP contribution in [0, 0.1) is 21.4 Å². The van der Waals surface area contributed by atoms with E-state index in [0.717, 1.165) is 0 Å². The molecular formula is C16H15ClN6O4. The van der Waals surface area contributed by atoms with Gasteiger partial charge in [0.1, 0.15) is 6.54 Å². The van der Waals surface area contributed by atoms with Crippen LogP contribution in [0.2, 0.25) is 5.28 Å². The number of aromatic nitrogens is 2. The van der Waals surface area contributed by atoms with Crippen molar-refractivity contribution in [3.05, 3.63) is 50.8 Å². The number of rotatable bonds is 7. The lowest BCUT2D eigenvalue weighted by Crippen LogP contribution is -2.32. The Bertz CT molecular complexity index is 914. The lowest BCUT2D eigenvalue weighted by atomic mass is 10.1. The van der Waals surface area contributed by atoms with Gasteiger partial charge in [-0.25, -0.2) is 0 Å². The van der Waals surface area contributed by atoms with Crippen molar-refractivity contribution in [1.82, 2.24) is 9.97 Å². The molecule has 2 rings (SSSR count). The highest BCUT2D eigenvalue weighted by molar-refractivity contribution is 6.28. The van der Waals surface area contributed by atoms with Crippen molar-refractivity contribution in [2.24, 2.45) is 0 Å². The minimum Gasteiger partial charge on any atom is -0.465 e. The molecule has 1 aromatic carbocycles. The first-order valence-electron chi connectivity index (χ1n) is 7.72. The molecule has 0 unspecified atom stereocenters. The summed E-state index contributed by atoms with van der Waals surface area (Å²) in [7, 11) is 0. The van der Waals surface area contributed by atoms with Crippen LogP contribution in [0.1, 0.15) is 18.1 Å². The highest BCUT2D eigenvalue weighted by Crippen LogP contribution is 2.32. The molecule has 1 aromatic heterocycles. The maximum Gasteiger partial charge on any atom is 0.353 e. The van der Waals surface area contributed by atoms with Crippen molar-refractivity contribution < 1.29 is 14.5 Å². The molecule has 0 aliphatic rings. The Morgan fingerprint density at radius 3 is 2.85 bits per heavy atom. The molecular weight excluding hydrogens is 376 g/mol. The lowest BCUT2D eigenvalue weighted by molar-refractivity contribution is -0.383. The van der Waals surface area contributed by atoms with Gasteiger partial charge >= 0.3 is 11.7 Å². The molecule has 0 atom stereocenters. The fraction of sp³-hybridized carbons (Fsp3) is 0.250. The predicted octanol–water partition coefficient (Wildman–Crippen LogP) is 2.06. The van der Waals surface area contributed by atoms with Crippen molar-refractivity contribution in [3.63, 3.8) is 0 Å². The zero-order valence-electron chi connectivity index (χ0n) is 14.3. The summed E-state index contributed by atoms with van der Waals surface area (Å²) in [6, 6.07) is 8.57. The summed E-state index contributed by atoms with van der Waals surface area (Å²) in [6.07, 6.45) is 0. The standard InChI is InChI=1S/C16H15ClN6O4/c1-2-27-12(24)9-22(8-11-5-3-4-10(6-11)7-18)15-13(23(25)26)14(19)20-16(17)21-15/h3-6H,2,8-9H2,1H3,(H2,19,20,21). The number of nitrogens with zero attached hydrogens (tertiary/aromatic N) is 5. The first-order chi connectivity index (χ1) is 12.8. The van der Waals surface area contributed by atoms with Crippen LogP contribution >= 0.6 is 11.6 Å².